The van der Waals surface area contributed by atoms with Crippen molar-refractivity contribution >= 4 is 5.97 Å². The van der Waals surface area contributed by atoms with E-state index in [1.54, 1.807) is 0 Å². The van der Waals surface area contributed by atoms with Crippen molar-refractivity contribution in [3.63, 3.8) is 0 Å². The molecule has 3 atom stereocenters. The Morgan fingerprint density at radius 3 is 2.04 bits per heavy atom. The fourth-order valence-electron chi connectivity index (χ4n) is 4.32. The fourth-order valence-corrected chi connectivity index (χ4v) is 4.32. The highest BCUT2D eigenvalue weighted by Gasteiger charge is 2.56. The summed E-state index contributed by atoms with van der Waals surface area (Å²) in [6.07, 6.45) is 0. The molecule has 0 radical (unpaired) electrons. The summed E-state index contributed by atoms with van der Waals surface area (Å²) in [5, 5.41) is 13.9. The highest BCUT2D eigenvalue weighted by molar-refractivity contribution is 5.81. The Morgan fingerprint density at radius 1 is 0.929 bits per heavy atom. The normalized spacial score (nSPS) is 24.9. The molecule has 4 nitrogen and oxygen atoms in total. The first-order valence-electron chi connectivity index (χ1n) is 9.55. The molecule has 1 aliphatic heterocycles. The molecule has 0 bridgehead atoms. The van der Waals surface area contributed by atoms with Crippen molar-refractivity contribution in [3.8, 4) is 0 Å². The number of rotatable bonds is 5. The van der Waals surface area contributed by atoms with E-state index in [4.69, 9.17) is 0 Å². The average molecular weight is 372 g/mol. The van der Waals surface area contributed by atoms with Crippen LogP contribution in [0, 0.1) is 0 Å². The van der Waals surface area contributed by atoms with Gasteiger partial charge in [0.25, 0.3) is 0 Å². The minimum absolute atomic E-state index is 0.0394. The number of nitrogens with zero attached hydrogens (tertiary/aromatic N) is 1. The number of benzene rings is 3. The molecule has 28 heavy (non-hydrogen) atoms. The van der Waals surface area contributed by atoms with Crippen LogP contribution in [0.15, 0.2) is 91.0 Å². The van der Waals surface area contributed by atoms with Crippen LogP contribution in [0.5, 0.6) is 0 Å². The molecule has 142 valence electrons. The number of hydrogen-bond acceptors (Lipinski definition) is 3. The van der Waals surface area contributed by atoms with Crippen molar-refractivity contribution in [3.05, 3.63) is 108 Å². The molecule has 1 aliphatic rings. The monoisotopic (exact) mass is 372 g/mol. The van der Waals surface area contributed by atoms with Crippen molar-refractivity contribution in [2.24, 2.45) is 0 Å². The van der Waals surface area contributed by atoms with Gasteiger partial charge in [0.15, 0.2) is 5.66 Å². The molecule has 0 aliphatic carbocycles. The van der Waals surface area contributed by atoms with Gasteiger partial charge >= 0.3 is 5.97 Å². The predicted octanol–water partition coefficient (Wildman–Crippen LogP) is 4.16. The summed E-state index contributed by atoms with van der Waals surface area (Å²) in [6.45, 7) is 2.59. The Kier molecular flexibility index (Phi) is 4.99. The first kappa shape index (κ1) is 18.4. The van der Waals surface area contributed by atoms with E-state index in [2.05, 4.69) is 29.3 Å². The van der Waals surface area contributed by atoms with Crippen molar-refractivity contribution in [2.45, 2.75) is 31.2 Å². The van der Waals surface area contributed by atoms with Crippen LogP contribution in [0.25, 0.3) is 0 Å². The predicted molar refractivity (Wildman–Crippen MR) is 110 cm³/mol. The lowest BCUT2D eigenvalue weighted by Gasteiger charge is -2.37. The maximum Gasteiger partial charge on any atom is 0.344 e. The number of carboxylic acid groups (broad SMARTS) is 1. The van der Waals surface area contributed by atoms with Crippen LogP contribution in [-0.2, 0) is 17.0 Å². The third-order valence-corrected chi connectivity index (χ3v) is 5.51. The Hall–Kier alpha value is -2.95. The molecule has 1 heterocycles. The molecule has 1 fully saturated rings. The van der Waals surface area contributed by atoms with Gasteiger partial charge < -0.3 is 5.11 Å². The first-order valence-corrected chi connectivity index (χ1v) is 9.55. The highest BCUT2D eigenvalue weighted by atomic mass is 16.4. The third kappa shape index (κ3) is 3.11. The topological polar surface area (TPSA) is 52.6 Å². The summed E-state index contributed by atoms with van der Waals surface area (Å²) in [5.74, 6) is -0.889. The maximum absolute atomic E-state index is 12.7. The number of aliphatic carboxylic acids is 1. The van der Waals surface area contributed by atoms with E-state index >= 15 is 0 Å². The summed E-state index contributed by atoms with van der Waals surface area (Å²) in [7, 11) is 0. The molecular weight excluding hydrogens is 348 g/mol. The molecular formula is C24H24N2O2. The van der Waals surface area contributed by atoms with Crippen molar-refractivity contribution in [1.29, 1.82) is 0 Å². The van der Waals surface area contributed by atoms with Crippen LogP contribution >= 0.6 is 0 Å². The molecule has 3 aromatic carbocycles. The number of nitrogens with one attached hydrogen (secondary N) is 1. The summed E-state index contributed by atoms with van der Waals surface area (Å²) in [6, 6.07) is 29.6. The number of carbonyl (C=O) groups is 1. The fraction of sp³-hybridized carbons (Fsp3) is 0.208. The average Bonchev–Trinajstić information content (AvgIpc) is 3.03. The van der Waals surface area contributed by atoms with Gasteiger partial charge in [0.1, 0.15) is 0 Å². The second-order valence-corrected chi connectivity index (χ2v) is 7.28. The zero-order chi connectivity index (χ0) is 19.6. The molecule has 3 unspecified atom stereocenters. The SMILES string of the molecule is CC1NC(C(=O)O)(c2ccccc2)N(Cc2ccccc2)C1c1ccccc1. The second kappa shape index (κ2) is 7.58. The second-order valence-electron chi connectivity index (χ2n) is 7.28. The van der Waals surface area contributed by atoms with Gasteiger partial charge in [0, 0.05) is 12.6 Å². The van der Waals surface area contributed by atoms with Crippen LogP contribution < -0.4 is 5.32 Å². The van der Waals surface area contributed by atoms with E-state index in [0.29, 0.717) is 6.54 Å². The van der Waals surface area contributed by atoms with Gasteiger partial charge in [-0.15, -0.1) is 0 Å². The summed E-state index contributed by atoms with van der Waals surface area (Å²) in [5.41, 5.74) is 1.64. The summed E-state index contributed by atoms with van der Waals surface area (Å²) < 4.78 is 0. The van der Waals surface area contributed by atoms with Gasteiger partial charge in [-0.3, -0.25) is 10.2 Å². The van der Waals surface area contributed by atoms with Crippen LogP contribution in [0.3, 0.4) is 0 Å². The van der Waals surface area contributed by atoms with Gasteiger partial charge in [-0.05, 0) is 23.6 Å². The lowest BCUT2D eigenvalue weighted by molar-refractivity contribution is -0.153. The molecule has 0 amide bonds. The van der Waals surface area contributed by atoms with Crippen molar-refractivity contribution in [1.82, 2.24) is 10.2 Å². The molecule has 4 heteroatoms. The van der Waals surface area contributed by atoms with Gasteiger partial charge in [-0.1, -0.05) is 91.0 Å². The molecule has 3 aromatic rings. The molecule has 4 rings (SSSR count). The van der Waals surface area contributed by atoms with Crippen LogP contribution in [0.1, 0.15) is 29.7 Å². The maximum atomic E-state index is 12.7. The smallest absolute Gasteiger partial charge is 0.344 e. The molecule has 2 N–H and O–H groups in total. The lowest BCUT2D eigenvalue weighted by Crippen LogP contribution is -2.55. The number of carboxylic acids is 1. The quantitative estimate of drug-likeness (QED) is 0.706. The van der Waals surface area contributed by atoms with E-state index in [-0.39, 0.29) is 12.1 Å². The first-order chi connectivity index (χ1) is 13.6. The summed E-state index contributed by atoms with van der Waals surface area (Å²) >= 11 is 0. The Bertz CT molecular complexity index is 931. The molecule has 1 saturated heterocycles. The van der Waals surface area contributed by atoms with Gasteiger partial charge in [0.05, 0.1) is 6.04 Å². The molecule has 0 aromatic heterocycles. The number of hydrogen-bond donors (Lipinski definition) is 2. The van der Waals surface area contributed by atoms with E-state index in [1.807, 2.05) is 78.9 Å². The lowest BCUT2D eigenvalue weighted by atomic mass is 9.95. The van der Waals surface area contributed by atoms with E-state index in [0.717, 1.165) is 16.7 Å². The highest BCUT2D eigenvalue weighted by Crippen LogP contribution is 2.43. The van der Waals surface area contributed by atoms with Crippen molar-refractivity contribution < 1.29 is 9.90 Å². The van der Waals surface area contributed by atoms with Crippen LogP contribution in [0.2, 0.25) is 0 Å². The Labute approximate surface area is 165 Å². The Balaban J connectivity index is 1.87. The minimum Gasteiger partial charge on any atom is -0.479 e. The van der Waals surface area contributed by atoms with Crippen LogP contribution in [0.4, 0.5) is 0 Å². The van der Waals surface area contributed by atoms with Gasteiger partial charge in [-0.25, -0.2) is 4.79 Å². The largest absolute Gasteiger partial charge is 0.479 e. The zero-order valence-corrected chi connectivity index (χ0v) is 15.8. The van der Waals surface area contributed by atoms with Crippen molar-refractivity contribution in [2.75, 3.05) is 0 Å². The van der Waals surface area contributed by atoms with E-state index < -0.39 is 11.6 Å². The third-order valence-electron chi connectivity index (χ3n) is 5.51. The zero-order valence-electron chi connectivity index (χ0n) is 15.8. The standard InChI is InChI=1S/C24H24N2O2/c1-18-22(20-13-7-3-8-14-20)26(17-19-11-5-2-6-12-19)24(25-18,23(27)28)21-15-9-4-10-16-21/h2-16,18,22,25H,17H2,1H3,(H,27,28). The molecule has 0 spiro atoms. The minimum atomic E-state index is -1.29. The van der Waals surface area contributed by atoms with Gasteiger partial charge in [-0.2, -0.15) is 0 Å². The van der Waals surface area contributed by atoms with Gasteiger partial charge in [0.2, 0.25) is 0 Å². The van der Waals surface area contributed by atoms with E-state index in [1.165, 1.54) is 0 Å². The Morgan fingerprint density at radius 2 is 1.46 bits per heavy atom. The molecule has 0 saturated carbocycles. The van der Waals surface area contributed by atoms with Crippen LogP contribution in [-0.4, -0.2) is 22.0 Å². The van der Waals surface area contributed by atoms with E-state index in [9.17, 15) is 9.90 Å². The summed E-state index contributed by atoms with van der Waals surface area (Å²) in [4.78, 5) is 14.8.